The number of carbonyl (C=O) groups is 1. The Labute approximate surface area is 89.5 Å². The van der Waals surface area contributed by atoms with Crippen molar-refractivity contribution in [2.75, 3.05) is 7.05 Å². The van der Waals surface area contributed by atoms with Gasteiger partial charge in [0.2, 0.25) is 0 Å². The van der Waals surface area contributed by atoms with Crippen LogP contribution in [0.25, 0.3) is 0 Å². The third kappa shape index (κ3) is 2.59. The summed E-state index contributed by atoms with van der Waals surface area (Å²) in [6, 6.07) is 3.20. The minimum absolute atomic E-state index is 0.0372. The Morgan fingerprint density at radius 3 is 2.47 bits per heavy atom. The summed E-state index contributed by atoms with van der Waals surface area (Å²) in [6.07, 6.45) is 0. The number of likely N-dealkylation sites (N-methyl/N-ethyl adjacent to an activating group) is 1. The van der Waals surface area contributed by atoms with Crippen LogP contribution in [0.3, 0.4) is 0 Å². The van der Waals surface area contributed by atoms with Gasteiger partial charge in [-0.15, -0.1) is 0 Å². The maximum Gasteiger partial charge on any atom is 0.320 e. The molecular weight excluding hydrogens is 194 g/mol. The van der Waals surface area contributed by atoms with E-state index < -0.39 is 12.0 Å². The molecule has 0 saturated carbocycles. The Balaban J connectivity index is 2.76. The highest BCUT2D eigenvalue weighted by Crippen LogP contribution is 2.22. The lowest BCUT2D eigenvalue weighted by atomic mass is 10.2. The fraction of sp³-hybridized carbons (Fsp3) is 0.545. The third-order valence-electron chi connectivity index (χ3n) is 2.75. The SMILES string of the molecule is Cc1ccc(C(C)N(C)C(C)C(=O)O)o1. The topological polar surface area (TPSA) is 53.7 Å². The van der Waals surface area contributed by atoms with E-state index in [0.717, 1.165) is 11.5 Å². The Kier molecular flexibility index (Phi) is 3.52. The number of furan rings is 1. The molecule has 2 unspecified atom stereocenters. The summed E-state index contributed by atoms with van der Waals surface area (Å²) >= 11 is 0. The second kappa shape index (κ2) is 4.49. The van der Waals surface area contributed by atoms with Gasteiger partial charge in [0.15, 0.2) is 0 Å². The molecule has 0 saturated heterocycles. The number of hydrogen-bond donors (Lipinski definition) is 1. The van der Waals surface area contributed by atoms with E-state index in [0.29, 0.717) is 0 Å². The van der Waals surface area contributed by atoms with Gasteiger partial charge in [0, 0.05) is 0 Å². The molecule has 1 rings (SSSR count). The van der Waals surface area contributed by atoms with E-state index in [2.05, 4.69) is 0 Å². The second-order valence-electron chi connectivity index (χ2n) is 3.80. The summed E-state index contributed by atoms with van der Waals surface area (Å²) in [5, 5.41) is 8.88. The Hall–Kier alpha value is -1.29. The molecule has 0 aliphatic rings. The highest BCUT2D eigenvalue weighted by molar-refractivity contribution is 5.72. The van der Waals surface area contributed by atoms with Gasteiger partial charge in [-0.25, -0.2) is 0 Å². The first-order valence-electron chi connectivity index (χ1n) is 4.94. The summed E-state index contributed by atoms with van der Waals surface area (Å²) in [4.78, 5) is 12.6. The van der Waals surface area contributed by atoms with Crippen molar-refractivity contribution < 1.29 is 14.3 Å². The predicted molar refractivity (Wildman–Crippen MR) is 56.7 cm³/mol. The molecule has 1 N–H and O–H groups in total. The fourth-order valence-electron chi connectivity index (χ4n) is 1.39. The molecule has 0 radical (unpaired) electrons. The Bertz CT molecular complexity index is 345. The molecule has 0 spiro atoms. The molecule has 0 aliphatic heterocycles. The highest BCUT2D eigenvalue weighted by Gasteiger charge is 2.24. The van der Waals surface area contributed by atoms with Crippen molar-refractivity contribution in [3.8, 4) is 0 Å². The van der Waals surface area contributed by atoms with Crippen molar-refractivity contribution in [3.05, 3.63) is 23.7 Å². The normalized spacial score (nSPS) is 15.3. The summed E-state index contributed by atoms with van der Waals surface area (Å²) in [5.41, 5.74) is 0. The molecule has 4 nitrogen and oxygen atoms in total. The van der Waals surface area contributed by atoms with Gasteiger partial charge in [-0.1, -0.05) is 0 Å². The summed E-state index contributed by atoms with van der Waals surface area (Å²) in [5.74, 6) is 0.809. The zero-order valence-corrected chi connectivity index (χ0v) is 9.52. The number of nitrogens with zero attached hydrogens (tertiary/aromatic N) is 1. The van der Waals surface area contributed by atoms with E-state index in [-0.39, 0.29) is 6.04 Å². The first-order valence-corrected chi connectivity index (χ1v) is 4.94. The molecule has 0 fully saturated rings. The number of carboxylic acid groups (broad SMARTS) is 1. The summed E-state index contributed by atoms with van der Waals surface area (Å²) < 4.78 is 5.46. The Morgan fingerprint density at radius 1 is 1.47 bits per heavy atom. The van der Waals surface area contributed by atoms with Crippen LogP contribution in [-0.2, 0) is 4.79 Å². The molecule has 0 bridgehead atoms. The minimum atomic E-state index is -0.826. The van der Waals surface area contributed by atoms with Crippen LogP contribution in [0.4, 0.5) is 0 Å². The van der Waals surface area contributed by atoms with Crippen LogP contribution in [0.1, 0.15) is 31.4 Å². The van der Waals surface area contributed by atoms with Crippen molar-refractivity contribution >= 4 is 5.97 Å². The van der Waals surface area contributed by atoms with Gasteiger partial charge in [0.25, 0.3) is 0 Å². The molecule has 2 atom stereocenters. The van der Waals surface area contributed by atoms with E-state index in [9.17, 15) is 4.79 Å². The standard InChI is InChI=1S/C11H17NO3/c1-7-5-6-10(15-7)8(2)12(4)9(3)11(13)14/h5-6,8-9H,1-4H3,(H,13,14). The van der Waals surface area contributed by atoms with Crippen molar-refractivity contribution in [1.29, 1.82) is 0 Å². The van der Waals surface area contributed by atoms with Gasteiger partial charge in [0.1, 0.15) is 17.6 Å². The number of rotatable bonds is 4. The molecule has 4 heteroatoms. The zero-order valence-electron chi connectivity index (χ0n) is 9.52. The first kappa shape index (κ1) is 11.8. The van der Waals surface area contributed by atoms with Crippen molar-refractivity contribution in [2.24, 2.45) is 0 Å². The van der Waals surface area contributed by atoms with Crippen molar-refractivity contribution in [1.82, 2.24) is 4.90 Å². The zero-order chi connectivity index (χ0) is 11.6. The molecular formula is C11H17NO3. The van der Waals surface area contributed by atoms with Crippen LogP contribution in [0.5, 0.6) is 0 Å². The molecule has 15 heavy (non-hydrogen) atoms. The van der Waals surface area contributed by atoms with Gasteiger partial charge in [-0.2, -0.15) is 0 Å². The van der Waals surface area contributed by atoms with Gasteiger partial charge in [0.05, 0.1) is 6.04 Å². The number of aryl methyl sites for hydroxylation is 1. The lowest BCUT2D eigenvalue weighted by Crippen LogP contribution is -2.37. The van der Waals surface area contributed by atoms with Gasteiger partial charge >= 0.3 is 5.97 Å². The molecule has 0 aromatic carbocycles. The van der Waals surface area contributed by atoms with Crippen LogP contribution in [0, 0.1) is 6.92 Å². The van der Waals surface area contributed by atoms with Gasteiger partial charge < -0.3 is 9.52 Å². The van der Waals surface area contributed by atoms with Crippen molar-refractivity contribution in [2.45, 2.75) is 32.9 Å². The van der Waals surface area contributed by atoms with Crippen LogP contribution >= 0.6 is 0 Å². The Morgan fingerprint density at radius 2 is 2.07 bits per heavy atom. The van der Waals surface area contributed by atoms with Gasteiger partial charge in [-0.05, 0) is 40.0 Å². The largest absolute Gasteiger partial charge is 0.480 e. The fourth-order valence-corrected chi connectivity index (χ4v) is 1.39. The first-order chi connectivity index (χ1) is 6.93. The number of hydrogen-bond acceptors (Lipinski definition) is 3. The quantitative estimate of drug-likeness (QED) is 0.828. The third-order valence-corrected chi connectivity index (χ3v) is 2.75. The molecule has 0 aliphatic carbocycles. The van der Waals surface area contributed by atoms with Gasteiger partial charge in [-0.3, -0.25) is 9.69 Å². The molecule has 84 valence electrons. The van der Waals surface area contributed by atoms with E-state index in [4.69, 9.17) is 9.52 Å². The smallest absolute Gasteiger partial charge is 0.320 e. The average molecular weight is 211 g/mol. The highest BCUT2D eigenvalue weighted by atomic mass is 16.4. The molecule has 0 amide bonds. The van der Waals surface area contributed by atoms with Crippen molar-refractivity contribution in [3.63, 3.8) is 0 Å². The van der Waals surface area contributed by atoms with Crippen LogP contribution in [0.2, 0.25) is 0 Å². The number of aliphatic carboxylic acids is 1. The molecule has 1 heterocycles. The predicted octanol–water partition coefficient (Wildman–Crippen LogP) is 2.05. The van der Waals surface area contributed by atoms with Crippen LogP contribution < -0.4 is 0 Å². The maximum atomic E-state index is 10.8. The lowest BCUT2D eigenvalue weighted by molar-refractivity contribution is -0.142. The molecule has 1 aromatic heterocycles. The summed E-state index contributed by atoms with van der Waals surface area (Å²) in [7, 11) is 1.78. The van der Waals surface area contributed by atoms with Crippen LogP contribution in [0.15, 0.2) is 16.5 Å². The van der Waals surface area contributed by atoms with E-state index in [1.165, 1.54) is 0 Å². The van der Waals surface area contributed by atoms with Crippen LogP contribution in [-0.4, -0.2) is 29.1 Å². The molecule has 1 aromatic rings. The van der Waals surface area contributed by atoms with E-state index in [1.807, 2.05) is 26.0 Å². The maximum absolute atomic E-state index is 10.8. The number of carboxylic acids is 1. The minimum Gasteiger partial charge on any atom is -0.480 e. The second-order valence-corrected chi connectivity index (χ2v) is 3.80. The monoisotopic (exact) mass is 211 g/mol. The average Bonchev–Trinajstić information content (AvgIpc) is 2.61. The lowest BCUT2D eigenvalue weighted by Gasteiger charge is -2.26. The summed E-state index contributed by atoms with van der Waals surface area (Å²) in [6.45, 7) is 5.46. The van der Waals surface area contributed by atoms with E-state index in [1.54, 1.807) is 18.9 Å². The van der Waals surface area contributed by atoms with E-state index >= 15 is 0 Å².